The Balaban J connectivity index is 0.00000104. The van der Waals surface area contributed by atoms with Crippen LogP contribution in [-0.4, -0.2) is 43.6 Å². The van der Waals surface area contributed by atoms with Gasteiger partial charge in [-0.15, -0.1) is 0 Å². The molecular weight excluding hydrogens is 857 g/mol. The van der Waals surface area contributed by atoms with Gasteiger partial charge in [-0.3, -0.25) is 4.79 Å². The number of benzene rings is 4. The molecule has 8 rings (SSSR count). The Morgan fingerprint density at radius 3 is 1.41 bits per heavy atom. The van der Waals surface area contributed by atoms with Crippen LogP contribution in [0.1, 0.15) is 142 Å². The average molecular weight is 920 g/mol. The minimum atomic E-state index is -0.159. The van der Waals surface area contributed by atoms with Gasteiger partial charge in [0.05, 0.1) is 23.4 Å². The van der Waals surface area contributed by atoms with Crippen molar-refractivity contribution in [2.75, 3.05) is 17.8 Å². The fourth-order valence-corrected chi connectivity index (χ4v) is 8.15. The molecule has 3 atom stereocenters. The van der Waals surface area contributed by atoms with Gasteiger partial charge in [0.1, 0.15) is 0 Å². The van der Waals surface area contributed by atoms with Gasteiger partial charge in [-0.2, -0.15) is 11.8 Å². The molecule has 63 heavy (non-hydrogen) atoms. The zero-order valence-corrected chi connectivity index (χ0v) is 40.7. The van der Waals surface area contributed by atoms with Crippen molar-refractivity contribution < 1.29 is 4.79 Å². The van der Waals surface area contributed by atoms with Crippen molar-refractivity contribution in [2.45, 2.75) is 78.1 Å². The number of ketones is 1. The highest BCUT2D eigenvalue weighted by Crippen LogP contribution is 2.39. The predicted molar refractivity (Wildman–Crippen MR) is 272 cm³/mol. The molecule has 4 aromatic carbocycles. The topological polar surface area (TPSA) is 80.2 Å². The average Bonchev–Trinajstić information content (AvgIpc) is 4.16. The first-order valence-corrected chi connectivity index (χ1v) is 24.9. The third kappa shape index (κ3) is 11.4. The minimum Gasteiger partial charge on any atom is -0.362 e. The number of rotatable bonds is 13. The fraction of sp³-hybridized carbons (Fsp3) is 0.268. The second-order valence-corrected chi connectivity index (χ2v) is 18.3. The summed E-state index contributed by atoms with van der Waals surface area (Å²) in [6, 6.07) is 53.7. The maximum atomic E-state index is 13.7. The predicted octanol–water partition coefficient (Wildman–Crippen LogP) is 14.6. The molecule has 5 nitrogen and oxygen atoms in total. The molecule has 0 spiro atoms. The Labute approximate surface area is 388 Å². The van der Waals surface area contributed by atoms with Crippen LogP contribution in [0, 0.1) is 13.8 Å². The summed E-state index contributed by atoms with van der Waals surface area (Å²) in [7, 11) is 0. The van der Waals surface area contributed by atoms with Crippen LogP contribution in [0.15, 0.2) is 152 Å². The van der Waals surface area contributed by atoms with E-state index >= 15 is 0 Å². The number of carbonyl (C=O) groups is 1. The van der Waals surface area contributed by atoms with Crippen molar-refractivity contribution in [3.05, 3.63) is 236 Å². The Bertz CT molecular complexity index is 2620. The van der Waals surface area contributed by atoms with Gasteiger partial charge in [0.15, 0.2) is 0 Å². The van der Waals surface area contributed by atoms with Gasteiger partial charge in [0.2, 0.25) is 5.78 Å². The lowest BCUT2D eigenvalue weighted by Crippen LogP contribution is -2.12. The van der Waals surface area contributed by atoms with Gasteiger partial charge < -0.3 is 19.9 Å². The summed E-state index contributed by atoms with van der Waals surface area (Å²) in [4.78, 5) is 28.7. The van der Waals surface area contributed by atoms with Gasteiger partial charge in [-0.1, -0.05) is 159 Å². The second-order valence-electron chi connectivity index (χ2n) is 17.1. The summed E-state index contributed by atoms with van der Waals surface area (Å²) >= 11 is 4.79. The van der Waals surface area contributed by atoms with Crippen LogP contribution in [0.2, 0.25) is 0 Å². The molecule has 4 aromatic heterocycles. The van der Waals surface area contributed by atoms with E-state index in [0.29, 0.717) is 11.3 Å². The van der Waals surface area contributed by atoms with Crippen LogP contribution in [0.3, 0.4) is 0 Å². The lowest BCUT2D eigenvalue weighted by Gasteiger charge is -2.22. The Morgan fingerprint density at radius 2 is 0.968 bits per heavy atom. The molecule has 0 aliphatic heterocycles. The molecule has 4 N–H and O–H groups in total. The largest absolute Gasteiger partial charge is 0.362 e. The van der Waals surface area contributed by atoms with E-state index in [1.807, 2.05) is 47.9 Å². The molecular formula is C56H63BrN4OS. The lowest BCUT2D eigenvalue weighted by molar-refractivity contribution is 0.103. The van der Waals surface area contributed by atoms with Gasteiger partial charge in [-0.05, 0) is 120 Å². The Kier molecular flexibility index (Phi) is 16.2. The molecule has 0 aliphatic rings. The van der Waals surface area contributed by atoms with Crippen LogP contribution < -0.4 is 0 Å². The van der Waals surface area contributed by atoms with Crippen LogP contribution >= 0.6 is 27.7 Å². The highest BCUT2D eigenvalue weighted by molar-refractivity contribution is 9.08. The van der Waals surface area contributed by atoms with E-state index in [2.05, 4.69) is 212 Å². The monoisotopic (exact) mass is 918 g/mol. The number of aryl methyl sites for hydroxylation is 3. The first kappa shape index (κ1) is 47.0. The zero-order chi connectivity index (χ0) is 45.1. The standard InChI is InChI=1S/C52H52N4O.C3H8S.CH3Br/c1-7-35-16-20-39(21-17-35)51(57)47-32-31-46(56-47)50(38-22-24-40(25-23-38)52(4,5)6)45-30-29-44(55-45)49(37-18-13-33(2)14-19-37)43-28-27-42(54-43)48(36-11-9-8-10-12-36)41-26-15-34(3)53-41;1-3-4-2;1-2/h8-32,48-50,53-56H,7H2,1-6H3;3H2,1-2H3;1H3. The lowest BCUT2D eigenvalue weighted by atomic mass is 9.84. The van der Waals surface area contributed by atoms with Crippen molar-refractivity contribution in [2.24, 2.45) is 0 Å². The van der Waals surface area contributed by atoms with Crippen LogP contribution in [-0.2, 0) is 11.8 Å². The van der Waals surface area contributed by atoms with Gasteiger partial charge in [0.25, 0.3) is 0 Å². The second kappa shape index (κ2) is 21.7. The summed E-state index contributed by atoms with van der Waals surface area (Å²) in [5.41, 5.74) is 16.2. The third-order valence-corrected chi connectivity index (χ3v) is 12.3. The molecule has 8 aromatic rings. The number of aromatic nitrogens is 4. The summed E-state index contributed by atoms with van der Waals surface area (Å²) in [6.07, 6.45) is 3.03. The van der Waals surface area contributed by atoms with Crippen LogP contribution in [0.4, 0.5) is 0 Å². The van der Waals surface area contributed by atoms with Gasteiger partial charge in [0, 0.05) is 45.4 Å². The smallest absolute Gasteiger partial charge is 0.209 e. The number of halogens is 1. The molecule has 326 valence electrons. The van der Waals surface area contributed by atoms with Crippen molar-refractivity contribution in [1.29, 1.82) is 0 Å². The highest BCUT2D eigenvalue weighted by Gasteiger charge is 2.28. The molecule has 0 saturated carbocycles. The number of nitrogens with one attached hydrogen (secondary N) is 4. The molecule has 3 unspecified atom stereocenters. The van der Waals surface area contributed by atoms with Gasteiger partial charge in [-0.25, -0.2) is 0 Å². The van der Waals surface area contributed by atoms with E-state index < -0.39 is 0 Å². The molecule has 4 heterocycles. The first-order chi connectivity index (χ1) is 30.5. The normalized spacial score (nSPS) is 12.7. The van der Waals surface area contributed by atoms with E-state index in [0.717, 1.165) is 51.8 Å². The summed E-state index contributed by atoms with van der Waals surface area (Å²) in [5, 5.41) is 0. The maximum absolute atomic E-state index is 13.7. The fourth-order valence-electron chi connectivity index (χ4n) is 8.15. The molecule has 0 fully saturated rings. The van der Waals surface area contributed by atoms with Gasteiger partial charge >= 0.3 is 0 Å². The molecule has 0 aliphatic carbocycles. The van der Waals surface area contributed by atoms with E-state index in [1.54, 1.807) is 0 Å². The molecule has 0 amide bonds. The van der Waals surface area contributed by atoms with Crippen LogP contribution in [0.25, 0.3) is 0 Å². The number of alkyl halides is 1. The summed E-state index contributed by atoms with van der Waals surface area (Å²) < 4.78 is 0. The van der Waals surface area contributed by atoms with Crippen molar-refractivity contribution in [3.63, 3.8) is 0 Å². The highest BCUT2D eigenvalue weighted by atomic mass is 79.9. The van der Waals surface area contributed by atoms with Crippen LogP contribution in [0.5, 0.6) is 0 Å². The molecule has 7 heteroatoms. The molecule has 0 radical (unpaired) electrons. The van der Waals surface area contributed by atoms with Crippen molar-refractivity contribution in [3.8, 4) is 0 Å². The van der Waals surface area contributed by atoms with Crippen molar-refractivity contribution >= 4 is 33.5 Å². The van der Waals surface area contributed by atoms with E-state index in [1.165, 1.54) is 33.6 Å². The SMILES string of the molecule is CBr.CCSC.CCc1ccc(C(=O)c2ccc(C(c3ccc(C(C)(C)C)cc3)c3ccc(C(c4ccc(C)cc4)c4ccc(C(c5ccccc5)c5ccc(C)[nH]5)[nH]4)[nH]3)[nH]2)cc1. The summed E-state index contributed by atoms with van der Waals surface area (Å²) in [6.45, 7) is 15.2. The van der Waals surface area contributed by atoms with E-state index in [4.69, 9.17) is 0 Å². The third-order valence-electron chi connectivity index (χ3n) is 11.7. The number of carbonyl (C=O) groups excluding carboxylic acids is 1. The number of aromatic amines is 4. The maximum Gasteiger partial charge on any atom is 0.209 e. The zero-order valence-electron chi connectivity index (χ0n) is 38.3. The number of H-pyrrole nitrogens is 4. The Morgan fingerprint density at radius 1 is 0.540 bits per heavy atom. The number of hydrogen-bond donors (Lipinski definition) is 4. The summed E-state index contributed by atoms with van der Waals surface area (Å²) in [5.74, 6) is 2.83. The van der Waals surface area contributed by atoms with E-state index in [9.17, 15) is 4.79 Å². The quantitative estimate of drug-likeness (QED) is 0.0687. The number of thioether (sulfide) groups is 1. The minimum absolute atomic E-state index is 0.0109. The number of hydrogen-bond acceptors (Lipinski definition) is 2. The first-order valence-electron chi connectivity index (χ1n) is 21.9. The van der Waals surface area contributed by atoms with E-state index in [-0.39, 0.29) is 29.0 Å². The molecule has 0 saturated heterocycles. The Hall–Kier alpha value is -5.50. The molecule has 0 bridgehead atoms. The van der Waals surface area contributed by atoms with Crippen molar-refractivity contribution in [1.82, 2.24) is 19.9 Å².